The summed E-state index contributed by atoms with van der Waals surface area (Å²) in [6.07, 6.45) is -0.149. The van der Waals surface area contributed by atoms with Crippen LogP contribution in [-0.4, -0.2) is 28.9 Å². The van der Waals surface area contributed by atoms with Gasteiger partial charge in [-0.25, -0.2) is 4.39 Å². The number of nitrogens with zero attached hydrogens (tertiary/aromatic N) is 1. The van der Waals surface area contributed by atoms with E-state index in [-0.39, 0.29) is 21.9 Å². The molecule has 5 nitrogen and oxygen atoms in total. The minimum absolute atomic E-state index is 0.0749. The van der Waals surface area contributed by atoms with E-state index in [1.807, 2.05) is 66.7 Å². The molecule has 45 heavy (non-hydrogen) atoms. The Balaban J connectivity index is 1.58. The van der Waals surface area contributed by atoms with E-state index in [0.29, 0.717) is 22.7 Å². The molecular formula is C37H33Cl2FN2O3. The average Bonchev–Trinajstić information content (AvgIpc) is 3.46. The third kappa shape index (κ3) is 4.68. The van der Waals surface area contributed by atoms with Crippen molar-refractivity contribution in [3.63, 3.8) is 0 Å². The summed E-state index contributed by atoms with van der Waals surface area (Å²) in [5, 5.41) is 3.47. The van der Waals surface area contributed by atoms with Crippen LogP contribution in [0.4, 0.5) is 10.1 Å². The first-order valence-corrected chi connectivity index (χ1v) is 15.9. The lowest BCUT2D eigenvalue weighted by atomic mass is 9.62. The SMILES string of the molecule is CC(C)(C)C[C@@H]1N2[C@H](C(=O)O[C@H](c3ccccc3)[C@@H]2c2ccccc2)[C@@H](c2cccc(Cl)c2F)[C@@]12C(=O)Nc1cc(Cl)ccc12. The molecule has 3 aliphatic heterocycles. The zero-order valence-electron chi connectivity index (χ0n) is 25.1. The van der Waals surface area contributed by atoms with E-state index in [1.165, 1.54) is 6.07 Å². The van der Waals surface area contributed by atoms with Gasteiger partial charge in [0, 0.05) is 22.7 Å². The fourth-order valence-corrected chi connectivity index (χ4v) is 8.33. The smallest absolute Gasteiger partial charge is 0.324 e. The van der Waals surface area contributed by atoms with Crippen molar-refractivity contribution in [3.05, 3.63) is 135 Å². The summed E-state index contributed by atoms with van der Waals surface area (Å²) in [7, 11) is 0. The van der Waals surface area contributed by atoms with Gasteiger partial charge in [0.25, 0.3) is 0 Å². The molecule has 3 aliphatic rings. The Bertz CT molecular complexity index is 1790. The fraction of sp³-hybridized carbons (Fsp3) is 0.297. The summed E-state index contributed by atoms with van der Waals surface area (Å²) in [4.78, 5) is 31.5. The number of amides is 1. The topological polar surface area (TPSA) is 58.6 Å². The van der Waals surface area contributed by atoms with Gasteiger partial charge in [-0.1, -0.05) is 123 Å². The lowest BCUT2D eigenvalue weighted by Gasteiger charge is -2.47. The molecule has 230 valence electrons. The van der Waals surface area contributed by atoms with Gasteiger partial charge >= 0.3 is 5.97 Å². The number of carbonyl (C=O) groups excluding carboxylic acids is 2. The Morgan fingerprint density at radius 3 is 2.20 bits per heavy atom. The maximum absolute atomic E-state index is 16.3. The molecule has 7 rings (SSSR count). The van der Waals surface area contributed by atoms with Gasteiger partial charge in [-0.3, -0.25) is 14.5 Å². The van der Waals surface area contributed by atoms with Crippen LogP contribution in [0.5, 0.6) is 0 Å². The number of cyclic esters (lactones) is 1. The largest absolute Gasteiger partial charge is 0.454 e. The zero-order valence-corrected chi connectivity index (χ0v) is 26.6. The number of hydrogen-bond acceptors (Lipinski definition) is 4. The molecule has 4 aromatic carbocycles. The first-order chi connectivity index (χ1) is 21.5. The molecule has 3 heterocycles. The van der Waals surface area contributed by atoms with Crippen LogP contribution >= 0.6 is 23.2 Å². The van der Waals surface area contributed by atoms with E-state index < -0.39 is 47.3 Å². The van der Waals surface area contributed by atoms with Crippen molar-refractivity contribution in [2.45, 2.75) is 62.8 Å². The Hall–Kier alpha value is -3.71. The molecule has 0 aliphatic carbocycles. The van der Waals surface area contributed by atoms with E-state index in [4.69, 9.17) is 27.9 Å². The highest BCUT2D eigenvalue weighted by molar-refractivity contribution is 6.31. The zero-order chi connectivity index (χ0) is 31.7. The monoisotopic (exact) mass is 642 g/mol. The van der Waals surface area contributed by atoms with Gasteiger partial charge in [0.1, 0.15) is 23.4 Å². The minimum atomic E-state index is -1.37. The van der Waals surface area contributed by atoms with Crippen LogP contribution in [0.25, 0.3) is 0 Å². The quantitative estimate of drug-likeness (QED) is 0.226. The predicted molar refractivity (Wildman–Crippen MR) is 174 cm³/mol. The van der Waals surface area contributed by atoms with Gasteiger partial charge in [-0.05, 0) is 52.3 Å². The second kappa shape index (κ2) is 11.0. The number of morpholine rings is 1. The van der Waals surface area contributed by atoms with Crippen LogP contribution < -0.4 is 5.32 Å². The second-order valence-corrected chi connectivity index (χ2v) is 14.3. The van der Waals surface area contributed by atoms with Gasteiger partial charge in [-0.15, -0.1) is 0 Å². The molecule has 2 saturated heterocycles. The van der Waals surface area contributed by atoms with Crippen molar-refractivity contribution in [1.82, 2.24) is 4.90 Å². The Morgan fingerprint density at radius 1 is 0.867 bits per heavy atom. The molecule has 6 atom stereocenters. The number of ether oxygens (including phenoxy) is 1. The number of carbonyl (C=O) groups is 2. The first kappa shape index (κ1) is 30.0. The van der Waals surface area contributed by atoms with Crippen LogP contribution in [-0.2, 0) is 19.7 Å². The van der Waals surface area contributed by atoms with Crippen LogP contribution in [0.15, 0.2) is 97.1 Å². The van der Waals surface area contributed by atoms with Crippen molar-refractivity contribution in [2.24, 2.45) is 5.41 Å². The first-order valence-electron chi connectivity index (χ1n) is 15.2. The lowest BCUT2D eigenvalue weighted by Crippen LogP contribution is -2.54. The van der Waals surface area contributed by atoms with E-state index in [1.54, 1.807) is 24.3 Å². The van der Waals surface area contributed by atoms with Crippen molar-refractivity contribution < 1.29 is 18.7 Å². The molecule has 0 bridgehead atoms. The number of anilines is 1. The van der Waals surface area contributed by atoms with E-state index in [0.717, 1.165) is 11.1 Å². The number of esters is 1. The standard InChI is InChI=1S/C37H33Cl2FN2O3/c1-36(2,3)20-28-37(25-18-17-23(38)19-27(25)41-35(37)44)29(24-15-10-16-26(39)30(24)40)32-34(43)45-33(22-13-8-5-9-14-22)31(42(28)32)21-11-6-4-7-12-21/h4-19,28-29,31-33H,20H2,1-3H3,(H,41,44)/t28-,29+,31-,32-,33+,37-/m0/s1. The summed E-state index contributed by atoms with van der Waals surface area (Å²) in [5.74, 6) is -2.42. The highest BCUT2D eigenvalue weighted by atomic mass is 35.5. The van der Waals surface area contributed by atoms with Crippen LogP contribution in [0.1, 0.15) is 67.5 Å². The Labute approximate surface area is 272 Å². The Morgan fingerprint density at radius 2 is 1.53 bits per heavy atom. The van der Waals surface area contributed by atoms with Gasteiger partial charge in [0.2, 0.25) is 5.91 Å². The van der Waals surface area contributed by atoms with Gasteiger partial charge < -0.3 is 10.1 Å². The maximum Gasteiger partial charge on any atom is 0.324 e. The third-order valence-electron chi connectivity index (χ3n) is 9.55. The van der Waals surface area contributed by atoms with Crippen molar-refractivity contribution in [2.75, 3.05) is 5.32 Å². The van der Waals surface area contributed by atoms with E-state index in [2.05, 4.69) is 31.0 Å². The van der Waals surface area contributed by atoms with Gasteiger partial charge in [0.15, 0.2) is 0 Å². The average molecular weight is 644 g/mol. The Kier molecular flexibility index (Phi) is 7.31. The summed E-state index contributed by atoms with van der Waals surface area (Å²) < 4.78 is 22.7. The van der Waals surface area contributed by atoms with Gasteiger partial charge in [-0.2, -0.15) is 0 Å². The number of benzene rings is 4. The summed E-state index contributed by atoms with van der Waals surface area (Å²) in [5.41, 5.74) is 1.55. The molecule has 8 heteroatoms. The molecule has 0 radical (unpaired) electrons. The molecular weight excluding hydrogens is 610 g/mol. The number of rotatable bonds is 4. The number of nitrogens with one attached hydrogen (secondary N) is 1. The van der Waals surface area contributed by atoms with Crippen molar-refractivity contribution in [3.8, 4) is 0 Å². The molecule has 0 unspecified atom stereocenters. The van der Waals surface area contributed by atoms with Crippen LogP contribution in [0.2, 0.25) is 10.0 Å². The second-order valence-electron chi connectivity index (χ2n) is 13.4. The maximum atomic E-state index is 16.3. The summed E-state index contributed by atoms with van der Waals surface area (Å²) >= 11 is 12.8. The number of halogens is 3. The number of fused-ring (bicyclic) bond motifs is 3. The molecule has 4 aromatic rings. The number of hydrogen-bond donors (Lipinski definition) is 1. The lowest BCUT2D eigenvalue weighted by molar-refractivity contribution is -0.176. The van der Waals surface area contributed by atoms with Crippen LogP contribution in [0.3, 0.4) is 0 Å². The molecule has 1 N–H and O–H groups in total. The third-order valence-corrected chi connectivity index (χ3v) is 10.1. The van der Waals surface area contributed by atoms with Crippen molar-refractivity contribution >= 4 is 40.8 Å². The normalized spacial score (nSPS) is 27.6. The van der Waals surface area contributed by atoms with Crippen molar-refractivity contribution in [1.29, 1.82) is 0 Å². The molecule has 0 aromatic heterocycles. The van der Waals surface area contributed by atoms with E-state index >= 15 is 4.39 Å². The molecule has 1 spiro atoms. The highest BCUT2D eigenvalue weighted by Gasteiger charge is 2.72. The fourth-order valence-electron chi connectivity index (χ4n) is 7.98. The summed E-state index contributed by atoms with van der Waals surface area (Å²) in [6, 6.07) is 27.7. The highest BCUT2D eigenvalue weighted by Crippen LogP contribution is 2.64. The van der Waals surface area contributed by atoms with Gasteiger partial charge in [0.05, 0.1) is 11.1 Å². The predicted octanol–water partition coefficient (Wildman–Crippen LogP) is 8.63. The minimum Gasteiger partial charge on any atom is -0.454 e. The molecule has 2 fully saturated rings. The molecule has 0 saturated carbocycles. The summed E-state index contributed by atoms with van der Waals surface area (Å²) in [6.45, 7) is 6.35. The molecule has 1 amide bonds. The van der Waals surface area contributed by atoms with Crippen LogP contribution in [0, 0.1) is 11.2 Å². The van der Waals surface area contributed by atoms with E-state index in [9.17, 15) is 9.59 Å².